The molecule has 0 saturated heterocycles. The van der Waals surface area contributed by atoms with E-state index in [2.05, 4.69) is 8.86 Å². The Hall–Kier alpha value is -2.86. The molecule has 1 heterocycles. The summed E-state index contributed by atoms with van der Waals surface area (Å²) in [7, 11) is 3.54. The second-order valence-corrected chi connectivity index (χ2v) is 6.49. The van der Waals surface area contributed by atoms with Crippen LogP contribution in [-0.2, 0) is 4.79 Å². The van der Waals surface area contributed by atoms with Crippen LogP contribution in [0.4, 0.5) is 0 Å². The summed E-state index contributed by atoms with van der Waals surface area (Å²) >= 11 is 0. The fourth-order valence-electron chi connectivity index (χ4n) is 2.64. The topological polar surface area (TPSA) is 132 Å². The number of esters is 1. The number of carbonyl (C=O) groups is 1. The van der Waals surface area contributed by atoms with Gasteiger partial charge in [-0.2, -0.15) is 0 Å². The molecule has 8 heteroatoms. The third-order valence-electron chi connectivity index (χ3n) is 4.06. The highest BCUT2D eigenvalue weighted by molar-refractivity contribution is 7.07. The summed E-state index contributed by atoms with van der Waals surface area (Å²) in [6.07, 6.45) is 1.80. The number of phenolic OH excluding ortho intramolecular Hbond substituents is 2. The maximum Gasteiger partial charge on any atom is 0.328 e. The van der Waals surface area contributed by atoms with Crippen LogP contribution < -0.4 is 16.2 Å². The molecule has 3 aromatic rings. The zero-order valence-electron chi connectivity index (χ0n) is 14.3. The molecule has 2 aromatic carbocycles. The van der Waals surface area contributed by atoms with Gasteiger partial charge in [0.1, 0.15) is 28.9 Å². The minimum Gasteiger partial charge on any atom is -0.508 e. The third-order valence-corrected chi connectivity index (χ3v) is 4.57. The number of aromatic hydroxyl groups is 2. The number of benzene rings is 2. The largest absolute Gasteiger partial charge is 0.508 e. The Balaban J connectivity index is 2.00. The van der Waals surface area contributed by atoms with Gasteiger partial charge in [0.05, 0.1) is 11.6 Å². The first-order valence-corrected chi connectivity index (χ1v) is 8.70. The number of rotatable bonds is 5. The van der Waals surface area contributed by atoms with Crippen LogP contribution in [0.25, 0.3) is 22.1 Å². The molecule has 0 amide bonds. The van der Waals surface area contributed by atoms with E-state index >= 15 is 0 Å². The van der Waals surface area contributed by atoms with E-state index in [0.717, 1.165) is 5.56 Å². The maximum absolute atomic E-state index is 11.9. The Morgan fingerprint density at radius 2 is 1.93 bits per heavy atom. The average molecular weight is 386 g/mol. The average Bonchev–Trinajstić information content (AvgIpc) is 2.63. The Labute approximate surface area is 157 Å². The van der Waals surface area contributed by atoms with Gasteiger partial charge >= 0.3 is 5.97 Å². The molecule has 6 N–H and O–H groups in total. The van der Waals surface area contributed by atoms with Crippen molar-refractivity contribution < 1.29 is 24.2 Å². The Morgan fingerprint density at radius 3 is 2.59 bits per heavy atom. The normalized spacial score (nSPS) is 12.1. The van der Waals surface area contributed by atoms with E-state index in [-0.39, 0.29) is 23.8 Å². The number of hydrogen-bond donors (Lipinski definition) is 4. The lowest BCUT2D eigenvalue weighted by Gasteiger charge is -2.12. The van der Waals surface area contributed by atoms with Gasteiger partial charge in [-0.05, 0) is 30.7 Å². The molecule has 0 radical (unpaired) electrons. The van der Waals surface area contributed by atoms with Crippen molar-refractivity contribution in [3.63, 3.8) is 0 Å². The SMILES string of the molecule is NCC[C@H](N)C(=O)Oc1cc(O)c2c(=P)c(-c3ccc(O)cc3)coc2c1. The van der Waals surface area contributed by atoms with Gasteiger partial charge in [-0.3, -0.25) is 0 Å². The molecule has 0 aliphatic carbocycles. The minimum absolute atomic E-state index is 0.115. The van der Waals surface area contributed by atoms with E-state index in [1.165, 1.54) is 18.4 Å². The van der Waals surface area contributed by atoms with Gasteiger partial charge in [-0.15, -0.1) is 8.86 Å². The van der Waals surface area contributed by atoms with Crippen LogP contribution in [0.3, 0.4) is 0 Å². The van der Waals surface area contributed by atoms with Crippen molar-refractivity contribution in [2.75, 3.05) is 6.54 Å². The molecular formula is C19H19N2O5P. The predicted octanol–water partition coefficient (Wildman–Crippen LogP) is 2.77. The van der Waals surface area contributed by atoms with Crippen molar-refractivity contribution in [2.24, 2.45) is 11.5 Å². The first-order chi connectivity index (χ1) is 12.9. The fraction of sp³-hybridized carbons (Fsp3) is 0.158. The summed E-state index contributed by atoms with van der Waals surface area (Å²) in [5, 5.41) is 20.3. The quantitative estimate of drug-likeness (QED) is 0.301. The zero-order valence-corrected chi connectivity index (χ0v) is 15.3. The van der Waals surface area contributed by atoms with E-state index < -0.39 is 12.0 Å². The highest BCUT2D eigenvalue weighted by Gasteiger charge is 2.17. The van der Waals surface area contributed by atoms with E-state index in [1.807, 2.05) is 0 Å². The van der Waals surface area contributed by atoms with Gasteiger partial charge in [-0.25, -0.2) is 4.79 Å². The Bertz CT molecular complexity index is 1050. The number of hydrogen-bond acceptors (Lipinski definition) is 7. The van der Waals surface area contributed by atoms with Crippen molar-refractivity contribution in [3.05, 3.63) is 47.6 Å². The molecule has 0 aliphatic heterocycles. The predicted molar refractivity (Wildman–Crippen MR) is 104 cm³/mol. The van der Waals surface area contributed by atoms with Crippen molar-refractivity contribution in [1.29, 1.82) is 0 Å². The monoisotopic (exact) mass is 386 g/mol. The Morgan fingerprint density at radius 1 is 1.22 bits per heavy atom. The van der Waals surface area contributed by atoms with Gasteiger partial charge in [0.2, 0.25) is 0 Å². The molecule has 0 unspecified atom stereocenters. The molecule has 0 aliphatic rings. The molecule has 7 nitrogen and oxygen atoms in total. The second-order valence-electron chi connectivity index (χ2n) is 5.99. The van der Waals surface area contributed by atoms with Crippen LogP contribution in [0, 0.1) is 4.94 Å². The van der Waals surface area contributed by atoms with Crippen LogP contribution in [0.2, 0.25) is 0 Å². The van der Waals surface area contributed by atoms with E-state index in [9.17, 15) is 15.0 Å². The van der Waals surface area contributed by atoms with Crippen LogP contribution in [0.15, 0.2) is 47.1 Å². The van der Waals surface area contributed by atoms with Gasteiger partial charge < -0.3 is 30.8 Å². The lowest BCUT2D eigenvalue weighted by Crippen LogP contribution is -2.36. The maximum atomic E-state index is 11.9. The van der Waals surface area contributed by atoms with E-state index in [1.54, 1.807) is 24.3 Å². The number of ether oxygens (including phenoxy) is 1. The molecule has 27 heavy (non-hydrogen) atoms. The Kier molecular flexibility index (Phi) is 5.46. The molecule has 1 atom stereocenters. The summed E-state index contributed by atoms with van der Waals surface area (Å²) < 4.78 is 10.8. The molecule has 3 rings (SSSR count). The highest BCUT2D eigenvalue weighted by atomic mass is 31.0. The van der Waals surface area contributed by atoms with Crippen LogP contribution in [0.5, 0.6) is 17.2 Å². The van der Waals surface area contributed by atoms with Crippen molar-refractivity contribution in [1.82, 2.24) is 0 Å². The third kappa shape index (κ3) is 3.95. The summed E-state index contributed by atoms with van der Waals surface area (Å²) in [4.78, 5) is 12.5. The lowest BCUT2D eigenvalue weighted by molar-refractivity contribution is -0.135. The summed E-state index contributed by atoms with van der Waals surface area (Å²) in [5.41, 5.74) is 12.8. The molecule has 0 fully saturated rings. The molecular weight excluding hydrogens is 367 g/mol. The van der Waals surface area contributed by atoms with Gasteiger partial charge in [0.15, 0.2) is 0 Å². The van der Waals surface area contributed by atoms with Crippen LogP contribution >= 0.6 is 8.86 Å². The van der Waals surface area contributed by atoms with Crippen molar-refractivity contribution >= 4 is 25.8 Å². The van der Waals surface area contributed by atoms with Crippen molar-refractivity contribution in [2.45, 2.75) is 12.5 Å². The minimum atomic E-state index is -0.840. The molecule has 0 saturated carbocycles. The van der Waals surface area contributed by atoms with Crippen LogP contribution in [0.1, 0.15) is 6.42 Å². The van der Waals surface area contributed by atoms with Gasteiger partial charge in [0, 0.05) is 22.6 Å². The van der Waals surface area contributed by atoms with Crippen molar-refractivity contribution in [3.8, 4) is 28.4 Å². The smallest absolute Gasteiger partial charge is 0.328 e. The molecule has 1 aromatic heterocycles. The summed E-state index contributed by atoms with van der Waals surface area (Å²) in [6.45, 7) is 0.265. The first-order valence-electron chi connectivity index (χ1n) is 8.20. The number of carbonyl (C=O) groups excluding carboxylic acids is 1. The second kappa shape index (κ2) is 7.80. The van der Waals surface area contributed by atoms with Gasteiger partial charge in [0.25, 0.3) is 0 Å². The number of nitrogens with two attached hydrogens (primary N) is 2. The highest BCUT2D eigenvalue weighted by Crippen LogP contribution is 2.36. The summed E-state index contributed by atoms with van der Waals surface area (Å²) in [5.74, 6) is -0.505. The molecule has 0 bridgehead atoms. The molecule has 140 valence electrons. The standard InChI is InChI=1S/C19H19N2O5P/c20-6-5-14(21)19(24)26-12-7-15(23)17-16(8-12)25-9-13(18(17)27)10-1-3-11(22)4-2-10/h1-4,7-9,14,22-23,27H,5-6,20-21H2/t14-/m0/s1. The lowest BCUT2D eigenvalue weighted by atomic mass is 10.1. The zero-order chi connectivity index (χ0) is 19.6. The van der Waals surface area contributed by atoms with E-state index in [4.69, 9.17) is 20.6 Å². The molecule has 0 spiro atoms. The number of fused-ring (bicyclic) bond motifs is 1. The summed E-state index contributed by atoms with van der Waals surface area (Å²) in [6, 6.07) is 8.52. The fourth-order valence-corrected chi connectivity index (χ4v) is 3.09. The number of phenols is 2. The van der Waals surface area contributed by atoms with E-state index in [0.29, 0.717) is 27.9 Å². The van der Waals surface area contributed by atoms with Crippen LogP contribution in [-0.4, -0.2) is 28.8 Å². The van der Waals surface area contributed by atoms with Gasteiger partial charge in [-0.1, -0.05) is 12.1 Å². The first kappa shape index (κ1) is 18.9.